The van der Waals surface area contributed by atoms with Crippen LogP contribution in [0.25, 0.3) is 16.7 Å². The molecule has 10 nitrogen and oxygen atoms in total. The van der Waals surface area contributed by atoms with Gasteiger partial charge in [-0.25, -0.2) is 9.78 Å². The molecule has 0 spiro atoms. The van der Waals surface area contributed by atoms with Gasteiger partial charge in [0.1, 0.15) is 30.6 Å². The number of H-pyrrole nitrogens is 1. The fourth-order valence-electron chi connectivity index (χ4n) is 3.48. The number of nitrogens with zero attached hydrogens (tertiary/aromatic N) is 3. The number of methoxy groups -OCH3 is 1. The lowest BCUT2D eigenvalue weighted by Crippen LogP contribution is -2.22. The van der Waals surface area contributed by atoms with Crippen molar-refractivity contribution in [3.63, 3.8) is 0 Å². The number of urea groups is 1. The van der Waals surface area contributed by atoms with Crippen molar-refractivity contribution < 1.29 is 19.4 Å². The Morgan fingerprint density at radius 1 is 1.11 bits per heavy atom. The number of amides is 2. The molecule has 0 fully saturated rings. The van der Waals surface area contributed by atoms with E-state index in [2.05, 4.69) is 46.6 Å². The highest BCUT2D eigenvalue weighted by atomic mass is 16.5. The lowest BCUT2D eigenvalue weighted by molar-refractivity contribution is 0.0326. The number of hydrogen-bond donors (Lipinski definition) is 4. The Morgan fingerprint density at radius 2 is 1.89 bits per heavy atom. The number of aliphatic hydroxyl groups is 1. The SMILES string of the molecule is COCC(O)COc1ccc2c(c1)ncn2-c1ccc(NC(=O)Nc2cc(C(C)(C)C)n[nH]2)cc1. The minimum absolute atomic E-state index is 0.110. The minimum Gasteiger partial charge on any atom is -0.491 e. The number of anilines is 2. The second-order valence-corrected chi connectivity index (χ2v) is 9.23. The number of carbonyl (C=O) groups excluding carboxylic acids is 1. The quantitative estimate of drug-likeness (QED) is 0.302. The van der Waals surface area contributed by atoms with Gasteiger partial charge in [0.25, 0.3) is 0 Å². The molecule has 10 heteroatoms. The number of aliphatic hydroxyl groups excluding tert-OH is 1. The number of imidazole rings is 1. The van der Waals surface area contributed by atoms with Crippen LogP contribution in [0.3, 0.4) is 0 Å². The van der Waals surface area contributed by atoms with Gasteiger partial charge in [0.2, 0.25) is 0 Å². The first-order valence-corrected chi connectivity index (χ1v) is 11.2. The molecule has 4 aromatic rings. The lowest BCUT2D eigenvalue weighted by Gasteiger charge is -2.13. The molecule has 2 heterocycles. The Bertz CT molecular complexity index is 1290. The molecule has 4 N–H and O–H groups in total. The molecule has 0 bridgehead atoms. The van der Waals surface area contributed by atoms with Gasteiger partial charge in [-0.3, -0.25) is 15.0 Å². The van der Waals surface area contributed by atoms with Gasteiger partial charge in [0, 0.05) is 36.0 Å². The van der Waals surface area contributed by atoms with Crippen molar-refractivity contribution in [2.45, 2.75) is 32.3 Å². The summed E-state index contributed by atoms with van der Waals surface area (Å²) in [6, 6.07) is 14.5. The van der Waals surface area contributed by atoms with E-state index < -0.39 is 6.10 Å². The number of nitrogens with one attached hydrogen (secondary N) is 3. The van der Waals surface area contributed by atoms with Gasteiger partial charge in [-0.15, -0.1) is 0 Å². The molecular weight excluding hydrogens is 448 g/mol. The molecule has 2 aromatic heterocycles. The molecular formula is C25H30N6O4. The predicted octanol–water partition coefficient (Wildman–Crippen LogP) is 4.08. The van der Waals surface area contributed by atoms with Crippen molar-refractivity contribution in [3.05, 3.63) is 60.6 Å². The molecule has 0 aliphatic rings. The topological polar surface area (TPSA) is 126 Å². The van der Waals surface area contributed by atoms with Crippen LogP contribution in [-0.4, -0.2) is 57.3 Å². The zero-order valence-electron chi connectivity index (χ0n) is 20.2. The maximum Gasteiger partial charge on any atom is 0.324 e. The Balaban J connectivity index is 1.39. The van der Waals surface area contributed by atoms with E-state index in [9.17, 15) is 9.90 Å². The van der Waals surface area contributed by atoms with E-state index in [0.29, 0.717) is 17.3 Å². The van der Waals surface area contributed by atoms with Gasteiger partial charge >= 0.3 is 6.03 Å². The zero-order chi connectivity index (χ0) is 25.0. The van der Waals surface area contributed by atoms with Crippen LogP contribution in [0, 0.1) is 0 Å². The molecule has 35 heavy (non-hydrogen) atoms. The van der Waals surface area contributed by atoms with E-state index in [1.807, 2.05) is 53.1 Å². The summed E-state index contributed by atoms with van der Waals surface area (Å²) in [7, 11) is 1.53. The van der Waals surface area contributed by atoms with E-state index in [4.69, 9.17) is 9.47 Å². The van der Waals surface area contributed by atoms with Crippen LogP contribution in [0.1, 0.15) is 26.5 Å². The van der Waals surface area contributed by atoms with Gasteiger partial charge in [-0.2, -0.15) is 5.10 Å². The second kappa shape index (κ2) is 10.2. The minimum atomic E-state index is -0.692. The summed E-state index contributed by atoms with van der Waals surface area (Å²) >= 11 is 0. The number of carbonyl (C=O) groups is 1. The summed E-state index contributed by atoms with van der Waals surface area (Å²) in [6.07, 6.45) is 1.04. The molecule has 1 atom stereocenters. The third-order valence-corrected chi connectivity index (χ3v) is 5.32. The maximum atomic E-state index is 12.4. The summed E-state index contributed by atoms with van der Waals surface area (Å²) in [6.45, 7) is 6.52. The standard InChI is InChI=1S/C25H30N6O4/c1-25(2,3)22-12-23(30-29-22)28-24(33)27-16-5-7-17(8-6-16)31-15-26-20-11-19(9-10-21(20)31)35-14-18(32)13-34-4/h5-12,15,18,32H,13-14H2,1-4H3,(H3,27,28,29,30,33). The number of fused-ring (bicyclic) bond motifs is 1. The predicted molar refractivity (Wildman–Crippen MR) is 134 cm³/mol. The maximum absolute atomic E-state index is 12.4. The lowest BCUT2D eigenvalue weighted by atomic mass is 9.92. The first-order valence-electron chi connectivity index (χ1n) is 11.2. The monoisotopic (exact) mass is 478 g/mol. The second-order valence-electron chi connectivity index (χ2n) is 9.23. The number of benzene rings is 2. The highest BCUT2D eigenvalue weighted by Crippen LogP contribution is 2.24. The van der Waals surface area contributed by atoms with E-state index in [1.165, 1.54) is 7.11 Å². The molecule has 0 aliphatic carbocycles. The number of hydrogen-bond acceptors (Lipinski definition) is 6. The van der Waals surface area contributed by atoms with Gasteiger partial charge in [-0.05, 0) is 36.4 Å². The third-order valence-electron chi connectivity index (χ3n) is 5.32. The normalized spacial score (nSPS) is 12.5. The number of aromatic nitrogens is 4. The summed E-state index contributed by atoms with van der Waals surface area (Å²) in [5, 5.41) is 22.4. The number of aromatic amines is 1. The average Bonchev–Trinajstić information content (AvgIpc) is 3.45. The zero-order valence-corrected chi connectivity index (χ0v) is 20.2. The smallest absolute Gasteiger partial charge is 0.324 e. The largest absolute Gasteiger partial charge is 0.491 e. The van der Waals surface area contributed by atoms with E-state index >= 15 is 0 Å². The molecule has 4 rings (SSSR count). The fraction of sp³-hybridized carbons (Fsp3) is 0.320. The third kappa shape index (κ3) is 5.97. The Labute approximate surface area is 203 Å². The van der Waals surface area contributed by atoms with Crippen LogP contribution in [0.4, 0.5) is 16.3 Å². The highest BCUT2D eigenvalue weighted by Gasteiger charge is 2.18. The number of ether oxygens (including phenoxy) is 2. The molecule has 0 saturated heterocycles. The first-order chi connectivity index (χ1) is 16.7. The molecule has 0 aliphatic heterocycles. The van der Waals surface area contributed by atoms with Crippen LogP contribution < -0.4 is 15.4 Å². The van der Waals surface area contributed by atoms with Crippen LogP contribution >= 0.6 is 0 Å². The fourth-order valence-corrected chi connectivity index (χ4v) is 3.48. The van der Waals surface area contributed by atoms with Crippen LogP contribution in [0.2, 0.25) is 0 Å². The van der Waals surface area contributed by atoms with Crippen molar-refractivity contribution in [1.82, 2.24) is 19.7 Å². The van der Waals surface area contributed by atoms with Crippen molar-refractivity contribution in [1.29, 1.82) is 0 Å². The van der Waals surface area contributed by atoms with Crippen LogP contribution in [0.15, 0.2) is 54.9 Å². The van der Waals surface area contributed by atoms with Gasteiger partial charge in [-0.1, -0.05) is 20.8 Å². The Kier molecular flexibility index (Phi) is 7.04. The van der Waals surface area contributed by atoms with Crippen molar-refractivity contribution >= 4 is 28.6 Å². The molecule has 184 valence electrons. The van der Waals surface area contributed by atoms with E-state index in [-0.39, 0.29) is 24.7 Å². The highest BCUT2D eigenvalue weighted by molar-refractivity contribution is 5.99. The average molecular weight is 479 g/mol. The van der Waals surface area contributed by atoms with Gasteiger partial charge in [0.05, 0.1) is 23.3 Å². The van der Waals surface area contributed by atoms with E-state index in [1.54, 1.807) is 6.33 Å². The molecule has 2 aromatic carbocycles. The van der Waals surface area contributed by atoms with Crippen molar-refractivity contribution in [2.24, 2.45) is 0 Å². The molecule has 2 amide bonds. The van der Waals surface area contributed by atoms with Crippen LogP contribution in [0.5, 0.6) is 5.75 Å². The summed E-state index contributed by atoms with van der Waals surface area (Å²) in [5.74, 6) is 1.15. The molecule has 1 unspecified atom stereocenters. The molecule has 0 radical (unpaired) electrons. The van der Waals surface area contributed by atoms with Gasteiger partial charge < -0.3 is 19.9 Å². The van der Waals surface area contributed by atoms with Crippen molar-refractivity contribution in [3.8, 4) is 11.4 Å². The van der Waals surface area contributed by atoms with Crippen molar-refractivity contribution in [2.75, 3.05) is 31.0 Å². The summed E-state index contributed by atoms with van der Waals surface area (Å²) < 4.78 is 12.5. The molecule has 0 saturated carbocycles. The van der Waals surface area contributed by atoms with Gasteiger partial charge in [0.15, 0.2) is 0 Å². The Hall–Kier alpha value is -3.89. The van der Waals surface area contributed by atoms with Crippen LogP contribution in [-0.2, 0) is 10.2 Å². The summed E-state index contributed by atoms with van der Waals surface area (Å²) in [4.78, 5) is 16.8. The first kappa shape index (κ1) is 24.2. The van der Waals surface area contributed by atoms with E-state index in [0.717, 1.165) is 22.4 Å². The number of rotatable bonds is 8. The summed E-state index contributed by atoms with van der Waals surface area (Å²) in [5.41, 5.74) is 3.97. The Morgan fingerprint density at radius 3 is 2.57 bits per heavy atom.